The van der Waals surface area contributed by atoms with E-state index in [0.717, 1.165) is 29.5 Å². The fourth-order valence-corrected chi connectivity index (χ4v) is 4.49. The minimum atomic E-state index is -0.379. The van der Waals surface area contributed by atoms with E-state index in [0.29, 0.717) is 53.4 Å². The minimum Gasteiger partial charge on any atom is -0.493 e. The van der Waals surface area contributed by atoms with E-state index in [2.05, 4.69) is 6.07 Å². The molecule has 1 heterocycles. The van der Waals surface area contributed by atoms with Crippen LogP contribution in [-0.4, -0.2) is 57.8 Å². The molecular formula is C29H39NO8. The van der Waals surface area contributed by atoms with Crippen molar-refractivity contribution in [1.82, 2.24) is 5.06 Å². The molecule has 1 saturated heterocycles. The van der Waals surface area contributed by atoms with E-state index in [1.165, 1.54) is 6.20 Å². The zero-order chi connectivity index (χ0) is 27.7. The molecule has 0 radical (unpaired) electrons. The summed E-state index contributed by atoms with van der Waals surface area (Å²) in [6.45, 7) is 4.81. The lowest BCUT2D eigenvalue weighted by molar-refractivity contribution is -0.153. The van der Waals surface area contributed by atoms with Crippen LogP contribution in [0, 0.1) is 0 Å². The van der Waals surface area contributed by atoms with Gasteiger partial charge in [0.15, 0.2) is 23.0 Å². The van der Waals surface area contributed by atoms with Crippen molar-refractivity contribution >= 4 is 5.91 Å². The lowest BCUT2D eigenvalue weighted by Crippen LogP contribution is -2.20. The van der Waals surface area contributed by atoms with Crippen molar-refractivity contribution in [2.75, 3.05) is 41.7 Å². The Kier molecular flexibility index (Phi) is 10.7. The Bertz CT molecular complexity index is 1090. The summed E-state index contributed by atoms with van der Waals surface area (Å²) in [6.07, 6.45) is 5.21. The summed E-state index contributed by atoms with van der Waals surface area (Å²) in [5.74, 6) is 2.75. The molecule has 0 aromatic heterocycles. The maximum Gasteiger partial charge on any atom is 0.249 e. The Balaban J connectivity index is 1.89. The molecule has 3 rings (SSSR count). The van der Waals surface area contributed by atoms with Crippen LogP contribution in [0.1, 0.15) is 61.8 Å². The van der Waals surface area contributed by atoms with Gasteiger partial charge >= 0.3 is 0 Å². The first-order valence-electron chi connectivity index (χ1n) is 12.8. The van der Waals surface area contributed by atoms with Crippen molar-refractivity contribution in [3.05, 3.63) is 53.2 Å². The van der Waals surface area contributed by atoms with Crippen molar-refractivity contribution < 1.29 is 38.4 Å². The zero-order valence-corrected chi connectivity index (χ0v) is 23.1. The van der Waals surface area contributed by atoms with Crippen LogP contribution < -0.4 is 23.7 Å². The quantitative estimate of drug-likeness (QED) is 0.271. The smallest absolute Gasteiger partial charge is 0.249 e. The molecule has 0 aliphatic carbocycles. The Labute approximate surface area is 224 Å². The number of rotatable bonds is 13. The number of carbonyl (C=O) groups is 1. The predicted molar refractivity (Wildman–Crippen MR) is 143 cm³/mol. The summed E-state index contributed by atoms with van der Waals surface area (Å²) in [7, 11) is 6.39. The highest BCUT2D eigenvalue weighted by atomic mass is 16.5. The third-order valence-corrected chi connectivity index (χ3v) is 6.49. The normalized spacial score (nSPS) is 16.9. The molecule has 2 aromatic carbocycles. The number of carbonyl (C=O) groups excluding carboxylic acids is 1. The van der Waals surface area contributed by atoms with E-state index in [1.54, 1.807) is 41.4 Å². The first kappa shape index (κ1) is 29.1. The molecule has 1 fully saturated rings. The number of ether oxygens (including phenoxy) is 6. The van der Waals surface area contributed by atoms with E-state index in [1.807, 2.05) is 25.1 Å². The van der Waals surface area contributed by atoms with Gasteiger partial charge in [-0.05, 0) is 48.6 Å². The van der Waals surface area contributed by atoms with Crippen LogP contribution >= 0.6 is 0 Å². The number of hydroxylamine groups is 2. The van der Waals surface area contributed by atoms with Crippen molar-refractivity contribution in [2.24, 2.45) is 0 Å². The van der Waals surface area contributed by atoms with E-state index < -0.39 is 0 Å². The Hall–Kier alpha value is -3.43. The molecule has 1 aliphatic rings. The molecular weight excluding hydrogens is 490 g/mol. The first-order valence-corrected chi connectivity index (χ1v) is 12.8. The van der Waals surface area contributed by atoms with Gasteiger partial charge in [0.05, 0.1) is 47.8 Å². The number of methoxy groups -OCH3 is 4. The average Bonchev–Trinajstić information content (AvgIpc) is 3.45. The van der Waals surface area contributed by atoms with Gasteiger partial charge in [-0.3, -0.25) is 10.0 Å². The standard InChI is InChI=1S/C29H39NO8/c1-7-12-37-28-19(10-9-11-30(32)27(31)8-2)13-20(14-24(28)33-3)22-17-23(38-18-22)21-15-25(34-4)29(36-6)26(16-21)35-5/h9,11,13-16,22-23,32H,7-8,10,12,17-18H2,1-6H3. The fraction of sp³-hybridized carbons (Fsp3) is 0.483. The van der Waals surface area contributed by atoms with Crippen LogP contribution in [-0.2, 0) is 16.0 Å². The second kappa shape index (κ2) is 13.9. The molecule has 2 atom stereocenters. The second-order valence-electron chi connectivity index (χ2n) is 8.95. The van der Waals surface area contributed by atoms with Gasteiger partial charge in [0.25, 0.3) is 0 Å². The SMILES string of the molecule is CCCOc1c(CC=CN(O)C(=O)CC)cc(C2COC(c3cc(OC)c(OC)c(OC)c3)C2)cc1OC. The molecule has 0 spiro atoms. The Morgan fingerprint density at radius 3 is 2.18 bits per heavy atom. The molecule has 208 valence electrons. The van der Waals surface area contributed by atoms with E-state index in [9.17, 15) is 10.0 Å². The summed E-state index contributed by atoms with van der Waals surface area (Å²) >= 11 is 0. The summed E-state index contributed by atoms with van der Waals surface area (Å²) in [4.78, 5) is 11.7. The van der Waals surface area contributed by atoms with Crippen LogP contribution in [0.2, 0.25) is 0 Å². The maximum atomic E-state index is 11.7. The van der Waals surface area contributed by atoms with Gasteiger partial charge < -0.3 is 28.4 Å². The third kappa shape index (κ3) is 6.71. The lowest BCUT2D eigenvalue weighted by atomic mass is 9.91. The molecule has 9 nitrogen and oxygen atoms in total. The summed E-state index contributed by atoms with van der Waals surface area (Å²) in [5.41, 5.74) is 2.91. The van der Waals surface area contributed by atoms with Crippen LogP contribution in [0.4, 0.5) is 0 Å². The van der Waals surface area contributed by atoms with Crippen LogP contribution in [0.25, 0.3) is 0 Å². The summed E-state index contributed by atoms with van der Waals surface area (Å²) in [5, 5.41) is 10.5. The average molecular weight is 530 g/mol. The van der Waals surface area contributed by atoms with Gasteiger partial charge in [-0.2, -0.15) is 5.06 Å². The second-order valence-corrected chi connectivity index (χ2v) is 8.95. The summed E-state index contributed by atoms with van der Waals surface area (Å²) < 4.78 is 34.5. The molecule has 38 heavy (non-hydrogen) atoms. The number of nitrogens with zero attached hydrogens (tertiary/aromatic N) is 1. The zero-order valence-electron chi connectivity index (χ0n) is 23.1. The van der Waals surface area contributed by atoms with Gasteiger partial charge in [-0.15, -0.1) is 0 Å². The number of allylic oxidation sites excluding steroid dienone is 1. The third-order valence-electron chi connectivity index (χ3n) is 6.49. The topological polar surface area (TPSA) is 95.9 Å². The van der Waals surface area contributed by atoms with Gasteiger partial charge in [-0.25, -0.2) is 0 Å². The summed E-state index contributed by atoms with van der Waals surface area (Å²) in [6, 6.07) is 7.94. The van der Waals surface area contributed by atoms with Crippen LogP contribution in [0.3, 0.4) is 0 Å². The van der Waals surface area contributed by atoms with Crippen molar-refractivity contribution in [3.8, 4) is 28.7 Å². The van der Waals surface area contributed by atoms with E-state index in [-0.39, 0.29) is 24.3 Å². The fourth-order valence-electron chi connectivity index (χ4n) is 4.49. The maximum absolute atomic E-state index is 11.7. The van der Waals surface area contributed by atoms with Gasteiger partial charge in [0.2, 0.25) is 11.7 Å². The molecule has 2 unspecified atom stereocenters. The Morgan fingerprint density at radius 1 is 0.974 bits per heavy atom. The number of hydrogen-bond donors (Lipinski definition) is 1. The number of hydrogen-bond acceptors (Lipinski definition) is 8. The van der Waals surface area contributed by atoms with E-state index >= 15 is 0 Å². The van der Waals surface area contributed by atoms with E-state index in [4.69, 9.17) is 28.4 Å². The first-order chi connectivity index (χ1) is 18.4. The van der Waals surface area contributed by atoms with Crippen LogP contribution in [0.15, 0.2) is 36.5 Å². The van der Waals surface area contributed by atoms with Crippen LogP contribution in [0.5, 0.6) is 28.7 Å². The van der Waals surface area contributed by atoms with Gasteiger partial charge in [0, 0.05) is 24.1 Å². The van der Waals surface area contributed by atoms with Crippen molar-refractivity contribution in [3.63, 3.8) is 0 Å². The highest BCUT2D eigenvalue weighted by molar-refractivity contribution is 5.75. The molecule has 0 bridgehead atoms. The highest BCUT2D eigenvalue weighted by Gasteiger charge is 2.31. The number of amides is 1. The molecule has 0 saturated carbocycles. The van der Waals surface area contributed by atoms with Crippen molar-refractivity contribution in [1.29, 1.82) is 0 Å². The monoisotopic (exact) mass is 529 g/mol. The molecule has 1 amide bonds. The van der Waals surface area contributed by atoms with Crippen molar-refractivity contribution in [2.45, 2.75) is 51.6 Å². The molecule has 1 N–H and O–H groups in total. The molecule has 2 aromatic rings. The lowest BCUT2D eigenvalue weighted by Gasteiger charge is -2.19. The van der Waals surface area contributed by atoms with Gasteiger partial charge in [0.1, 0.15) is 0 Å². The highest BCUT2D eigenvalue weighted by Crippen LogP contribution is 2.46. The molecule has 1 aliphatic heterocycles. The Morgan fingerprint density at radius 2 is 1.61 bits per heavy atom. The number of benzene rings is 2. The largest absolute Gasteiger partial charge is 0.493 e. The predicted octanol–water partition coefficient (Wildman–Crippen LogP) is 5.44. The van der Waals surface area contributed by atoms with Gasteiger partial charge in [-0.1, -0.05) is 26.0 Å². The molecule has 9 heteroatoms. The minimum absolute atomic E-state index is 0.118.